The number of pyridine rings is 1. The monoisotopic (exact) mass is 312 g/mol. The fourth-order valence-electron chi connectivity index (χ4n) is 2.55. The predicted octanol–water partition coefficient (Wildman–Crippen LogP) is 2.97. The number of nitrogens with zero attached hydrogens (tertiary/aromatic N) is 3. The maximum atomic E-state index is 12.0. The van der Waals surface area contributed by atoms with Crippen LogP contribution in [-0.4, -0.2) is 34.4 Å². The van der Waals surface area contributed by atoms with Crippen LogP contribution in [-0.2, 0) is 16.1 Å². The third kappa shape index (κ3) is 3.17. The molecule has 0 spiro atoms. The first kappa shape index (κ1) is 15.4. The van der Waals surface area contributed by atoms with E-state index in [0.717, 1.165) is 34.9 Å². The van der Waals surface area contributed by atoms with E-state index in [4.69, 9.17) is 9.72 Å². The molecule has 3 rings (SSSR count). The highest BCUT2D eigenvalue weighted by atomic mass is 16.5. The largest absolute Gasteiger partial charge is 0.384 e. The van der Waals surface area contributed by atoms with E-state index in [-0.39, 0.29) is 5.91 Å². The first-order valence-corrected chi connectivity index (χ1v) is 7.78. The predicted molar refractivity (Wildman–Crippen MR) is 90.4 cm³/mol. The van der Waals surface area contributed by atoms with Gasteiger partial charge in [-0.1, -0.05) is 25.1 Å². The lowest BCUT2D eigenvalue weighted by atomic mass is 10.2. The van der Waals surface area contributed by atoms with Crippen molar-refractivity contribution in [3.05, 3.63) is 30.3 Å². The highest BCUT2D eigenvalue weighted by molar-refractivity contribution is 6.02. The van der Waals surface area contributed by atoms with Crippen LogP contribution in [0.2, 0.25) is 0 Å². The second kappa shape index (κ2) is 6.75. The summed E-state index contributed by atoms with van der Waals surface area (Å²) < 4.78 is 6.80. The molecule has 0 aliphatic heterocycles. The van der Waals surface area contributed by atoms with Crippen LogP contribution in [0.5, 0.6) is 0 Å². The van der Waals surface area contributed by atoms with Crippen molar-refractivity contribution in [1.82, 2.24) is 14.8 Å². The zero-order valence-electron chi connectivity index (χ0n) is 13.4. The molecule has 3 aromatic rings. The molecule has 23 heavy (non-hydrogen) atoms. The lowest BCUT2D eigenvalue weighted by Gasteiger charge is -2.02. The number of hydrogen-bond acceptors (Lipinski definition) is 4. The minimum absolute atomic E-state index is 0.108. The summed E-state index contributed by atoms with van der Waals surface area (Å²) in [7, 11) is 1.58. The molecular formula is C17H20N4O2. The lowest BCUT2D eigenvalue weighted by molar-refractivity contribution is -0.117. The molecule has 0 saturated heterocycles. The number of nitrogens with one attached hydrogen (secondary N) is 1. The molecular weight excluding hydrogens is 292 g/mol. The number of aromatic nitrogens is 3. The first-order chi connectivity index (χ1) is 11.2. The number of carbonyl (C=O) groups excluding carboxylic acids is 1. The molecule has 2 aromatic heterocycles. The Kier molecular flexibility index (Phi) is 4.52. The molecule has 6 heteroatoms. The lowest BCUT2D eigenvalue weighted by Crippen LogP contribution is -2.14. The molecule has 0 aliphatic rings. The summed E-state index contributed by atoms with van der Waals surface area (Å²) in [6, 6.07) is 9.96. The fourth-order valence-corrected chi connectivity index (χ4v) is 2.55. The molecule has 6 nitrogen and oxygen atoms in total. The molecule has 2 heterocycles. The fraction of sp³-hybridized carbons (Fsp3) is 0.353. The van der Waals surface area contributed by atoms with E-state index in [2.05, 4.69) is 17.3 Å². The molecule has 1 amide bonds. The van der Waals surface area contributed by atoms with Gasteiger partial charge in [0.1, 0.15) is 0 Å². The minimum atomic E-state index is -0.108. The molecule has 0 atom stereocenters. The summed E-state index contributed by atoms with van der Waals surface area (Å²) >= 11 is 0. The van der Waals surface area contributed by atoms with Gasteiger partial charge >= 0.3 is 0 Å². The summed E-state index contributed by atoms with van der Waals surface area (Å²) in [6.45, 7) is 3.24. The molecule has 0 unspecified atom stereocenters. The van der Waals surface area contributed by atoms with Gasteiger partial charge < -0.3 is 10.1 Å². The number of aryl methyl sites for hydroxylation is 1. The number of methoxy groups -OCH3 is 1. The van der Waals surface area contributed by atoms with Crippen LogP contribution >= 0.6 is 0 Å². The summed E-state index contributed by atoms with van der Waals surface area (Å²) in [6.07, 6.45) is 1.25. The average molecular weight is 312 g/mol. The first-order valence-electron chi connectivity index (χ1n) is 7.78. The van der Waals surface area contributed by atoms with Crippen molar-refractivity contribution in [1.29, 1.82) is 0 Å². The number of para-hydroxylation sites is 1. The SMILES string of the molecule is CCCn1nc(NC(=O)CCOC)c2cc3ccccc3nc21. The smallest absolute Gasteiger partial charge is 0.227 e. The summed E-state index contributed by atoms with van der Waals surface area (Å²) in [4.78, 5) is 16.7. The zero-order chi connectivity index (χ0) is 16.2. The second-order valence-corrected chi connectivity index (χ2v) is 5.41. The molecule has 1 N–H and O–H groups in total. The number of anilines is 1. The van der Waals surface area contributed by atoms with Gasteiger partial charge in [-0.25, -0.2) is 9.67 Å². The number of rotatable bonds is 6. The summed E-state index contributed by atoms with van der Waals surface area (Å²) in [5.41, 5.74) is 1.72. The van der Waals surface area contributed by atoms with Crippen molar-refractivity contribution < 1.29 is 9.53 Å². The van der Waals surface area contributed by atoms with Gasteiger partial charge in [0, 0.05) is 19.0 Å². The number of carbonyl (C=O) groups is 1. The van der Waals surface area contributed by atoms with Gasteiger partial charge in [0.05, 0.1) is 23.9 Å². The second-order valence-electron chi connectivity index (χ2n) is 5.41. The van der Waals surface area contributed by atoms with Gasteiger partial charge in [-0.3, -0.25) is 4.79 Å². The van der Waals surface area contributed by atoms with Gasteiger partial charge in [0.15, 0.2) is 11.5 Å². The third-order valence-corrected chi connectivity index (χ3v) is 3.65. The maximum absolute atomic E-state index is 12.0. The number of ether oxygens (including phenoxy) is 1. The van der Waals surface area contributed by atoms with Gasteiger partial charge in [-0.05, 0) is 18.6 Å². The van der Waals surface area contributed by atoms with Crippen LogP contribution in [0.3, 0.4) is 0 Å². The van der Waals surface area contributed by atoms with Crippen molar-refractivity contribution in [2.45, 2.75) is 26.3 Å². The standard InChI is InChI=1S/C17H20N4O2/c1-3-9-21-17-13(11-12-6-4-5-7-14(12)18-17)16(20-21)19-15(22)8-10-23-2/h4-7,11H,3,8-10H2,1-2H3,(H,19,20,22). The molecule has 0 bridgehead atoms. The van der Waals surface area contributed by atoms with Gasteiger partial charge in [0.25, 0.3) is 0 Å². The molecule has 0 saturated carbocycles. The Bertz CT molecular complexity index is 841. The summed E-state index contributed by atoms with van der Waals surface area (Å²) in [5, 5.41) is 9.30. The normalized spacial score (nSPS) is 11.2. The van der Waals surface area contributed by atoms with E-state index >= 15 is 0 Å². The summed E-state index contributed by atoms with van der Waals surface area (Å²) in [5.74, 6) is 0.455. The van der Waals surface area contributed by atoms with Gasteiger partial charge in [-0.2, -0.15) is 5.10 Å². The Labute approximate surface area is 134 Å². The molecule has 0 fully saturated rings. The molecule has 0 radical (unpaired) electrons. The van der Waals surface area contributed by atoms with Crippen LogP contribution in [0.4, 0.5) is 5.82 Å². The number of benzene rings is 1. The van der Waals surface area contributed by atoms with E-state index in [1.54, 1.807) is 7.11 Å². The average Bonchev–Trinajstić information content (AvgIpc) is 2.88. The molecule has 120 valence electrons. The number of amides is 1. The number of fused-ring (bicyclic) bond motifs is 2. The van der Waals surface area contributed by atoms with Crippen LogP contribution in [0.15, 0.2) is 30.3 Å². The van der Waals surface area contributed by atoms with Crippen LogP contribution in [0.25, 0.3) is 21.9 Å². The third-order valence-electron chi connectivity index (χ3n) is 3.65. The topological polar surface area (TPSA) is 69.0 Å². The van der Waals surface area contributed by atoms with Crippen LogP contribution < -0.4 is 5.32 Å². The molecule has 1 aromatic carbocycles. The highest BCUT2D eigenvalue weighted by Crippen LogP contribution is 2.26. The molecule has 0 aliphatic carbocycles. The van der Waals surface area contributed by atoms with Crippen molar-refractivity contribution in [3.63, 3.8) is 0 Å². The van der Waals surface area contributed by atoms with Gasteiger partial charge in [-0.15, -0.1) is 0 Å². The van der Waals surface area contributed by atoms with Crippen LogP contribution in [0, 0.1) is 0 Å². The van der Waals surface area contributed by atoms with Crippen molar-refractivity contribution in [2.24, 2.45) is 0 Å². The maximum Gasteiger partial charge on any atom is 0.227 e. The Morgan fingerprint density at radius 3 is 2.96 bits per heavy atom. The van der Waals surface area contributed by atoms with Crippen LogP contribution in [0.1, 0.15) is 19.8 Å². The highest BCUT2D eigenvalue weighted by Gasteiger charge is 2.15. The van der Waals surface area contributed by atoms with Crippen molar-refractivity contribution in [3.8, 4) is 0 Å². The van der Waals surface area contributed by atoms with E-state index in [0.29, 0.717) is 18.8 Å². The Morgan fingerprint density at radius 1 is 1.35 bits per heavy atom. The quantitative estimate of drug-likeness (QED) is 0.760. The zero-order valence-corrected chi connectivity index (χ0v) is 13.4. The Balaban J connectivity index is 2.05. The Morgan fingerprint density at radius 2 is 2.17 bits per heavy atom. The van der Waals surface area contributed by atoms with E-state index in [1.165, 1.54) is 0 Å². The van der Waals surface area contributed by atoms with Crippen molar-refractivity contribution >= 4 is 33.7 Å². The van der Waals surface area contributed by atoms with Gasteiger partial charge in [0.2, 0.25) is 5.91 Å². The minimum Gasteiger partial charge on any atom is -0.384 e. The number of hydrogen-bond donors (Lipinski definition) is 1. The Hall–Kier alpha value is -2.47. The van der Waals surface area contributed by atoms with E-state index in [9.17, 15) is 4.79 Å². The van der Waals surface area contributed by atoms with Crippen molar-refractivity contribution in [2.75, 3.05) is 19.0 Å². The van der Waals surface area contributed by atoms with E-state index < -0.39 is 0 Å². The van der Waals surface area contributed by atoms with E-state index in [1.807, 2.05) is 35.0 Å².